The lowest BCUT2D eigenvalue weighted by atomic mass is 10.1. The fourth-order valence-electron chi connectivity index (χ4n) is 1.32. The molecule has 0 atom stereocenters. The van der Waals surface area contributed by atoms with Gasteiger partial charge in [-0.2, -0.15) is 0 Å². The van der Waals surface area contributed by atoms with E-state index in [0.717, 1.165) is 12.1 Å². The van der Waals surface area contributed by atoms with Crippen molar-refractivity contribution in [2.24, 2.45) is 0 Å². The second-order valence-electron chi connectivity index (χ2n) is 3.20. The summed E-state index contributed by atoms with van der Waals surface area (Å²) in [7, 11) is 0. The van der Waals surface area contributed by atoms with Crippen LogP contribution in [0.5, 0.6) is 0 Å². The van der Waals surface area contributed by atoms with Crippen LogP contribution in [0.3, 0.4) is 0 Å². The lowest BCUT2D eigenvalue weighted by molar-refractivity contribution is 0.447. The molecule has 2 rings (SSSR count). The fraction of sp³-hybridized carbons (Fsp3) is 0. The summed E-state index contributed by atoms with van der Waals surface area (Å²) >= 11 is 0. The van der Waals surface area contributed by atoms with Crippen molar-refractivity contribution < 1.29 is 13.2 Å². The number of anilines is 1. The van der Waals surface area contributed by atoms with Crippen LogP contribution in [0, 0.1) is 17.5 Å². The summed E-state index contributed by atoms with van der Waals surface area (Å²) in [5, 5.41) is 0. The van der Waals surface area contributed by atoms with Crippen molar-refractivity contribution in [3.05, 3.63) is 47.8 Å². The molecule has 5 heteroatoms. The summed E-state index contributed by atoms with van der Waals surface area (Å²) in [4.78, 5) is 3.88. The average molecular weight is 224 g/mol. The maximum absolute atomic E-state index is 13.0. The molecule has 0 saturated carbocycles. The average Bonchev–Trinajstić information content (AvgIpc) is 2.25. The van der Waals surface area contributed by atoms with Gasteiger partial charge in [-0.1, -0.05) is 6.07 Å². The van der Waals surface area contributed by atoms with Gasteiger partial charge in [-0.15, -0.1) is 0 Å². The molecule has 2 nitrogen and oxygen atoms in total. The van der Waals surface area contributed by atoms with Crippen LogP contribution in [-0.2, 0) is 0 Å². The Morgan fingerprint density at radius 2 is 1.62 bits per heavy atom. The summed E-state index contributed by atoms with van der Waals surface area (Å²) < 4.78 is 38.6. The third kappa shape index (κ3) is 1.84. The Labute approximate surface area is 89.5 Å². The quantitative estimate of drug-likeness (QED) is 0.756. The van der Waals surface area contributed by atoms with Crippen LogP contribution in [0.4, 0.5) is 19.0 Å². The van der Waals surface area contributed by atoms with E-state index in [9.17, 15) is 13.2 Å². The Kier molecular flexibility index (Phi) is 2.52. The highest BCUT2D eigenvalue weighted by molar-refractivity contribution is 5.60. The van der Waals surface area contributed by atoms with Gasteiger partial charge in [0.25, 0.3) is 0 Å². The summed E-state index contributed by atoms with van der Waals surface area (Å²) in [5.41, 5.74) is 5.86. The lowest BCUT2D eigenvalue weighted by Gasteiger charge is -2.03. The first kappa shape index (κ1) is 10.5. The van der Waals surface area contributed by atoms with E-state index < -0.39 is 17.5 Å². The van der Waals surface area contributed by atoms with Gasteiger partial charge in [0.1, 0.15) is 5.82 Å². The lowest BCUT2D eigenvalue weighted by Crippen LogP contribution is -1.95. The predicted octanol–water partition coefficient (Wildman–Crippen LogP) is 2.75. The van der Waals surface area contributed by atoms with Gasteiger partial charge in [-0.3, -0.25) is 0 Å². The number of hydrogen-bond acceptors (Lipinski definition) is 2. The van der Waals surface area contributed by atoms with Crippen molar-refractivity contribution in [1.82, 2.24) is 4.98 Å². The molecule has 0 bridgehead atoms. The van der Waals surface area contributed by atoms with Crippen molar-refractivity contribution >= 4 is 5.82 Å². The van der Waals surface area contributed by atoms with E-state index >= 15 is 0 Å². The Bertz CT molecular complexity index is 517. The normalized spacial score (nSPS) is 10.4. The van der Waals surface area contributed by atoms with Crippen LogP contribution in [0.25, 0.3) is 11.3 Å². The molecule has 0 radical (unpaired) electrons. The summed E-state index contributed by atoms with van der Waals surface area (Å²) in [6.07, 6.45) is 0. The van der Waals surface area contributed by atoms with Crippen LogP contribution in [0.1, 0.15) is 0 Å². The van der Waals surface area contributed by atoms with E-state index in [0.29, 0.717) is 0 Å². The summed E-state index contributed by atoms with van der Waals surface area (Å²) in [6.45, 7) is 0. The Morgan fingerprint density at radius 3 is 2.19 bits per heavy atom. The molecule has 1 aromatic carbocycles. The van der Waals surface area contributed by atoms with E-state index in [-0.39, 0.29) is 17.1 Å². The molecule has 1 heterocycles. The van der Waals surface area contributed by atoms with Crippen molar-refractivity contribution in [3.8, 4) is 11.3 Å². The molecule has 0 saturated heterocycles. The van der Waals surface area contributed by atoms with Gasteiger partial charge in [0.15, 0.2) is 17.5 Å². The van der Waals surface area contributed by atoms with Gasteiger partial charge in [0, 0.05) is 5.56 Å². The van der Waals surface area contributed by atoms with Gasteiger partial charge < -0.3 is 5.73 Å². The first-order chi connectivity index (χ1) is 7.58. The number of nitrogen functional groups attached to an aromatic ring is 1. The number of nitrogens with two attached hydrogens (primary N) is 1. The predicted molar refractivity (Wildman–Crippen MR) is 54.0 cm³/mol. The number of rotatable bonds is 1. The molecule has 0 fully saturated rings. The molecule has 1 aromatic heterocycles. The van der Waals surface area contributed by atoms with Crippen LogP contribution in [0.15, 0.2) is 30.3 Å². The smallest absolute Gasteiger partial charge is 0.194 e. The largest absolute Gasteiger partial charge is 0.384 e. The Balaban J connectivity index is 2.57. The molecule has 0 aliphatic carbocycles. The first-order valence-electron chi connectivity index (χ1n) is 4.45. The second-order valence-corrected chi connectivity index (χ2v) is 3.20. The fourth-order valence-corrected chi connectivity index (χ4v) is 1.32. The first-order valence-corrected chi connectivity index (χ1v) is 4.45. The number of hydrogen-bond donors (Lipinski definition) is 1. The molecule has 0 unspecified atom stereocenters. The van der Waals surface area contributed by atoms with Crippen molar-refractivity contribution in [2.75, 3.05) is 5.73 Å². The van der Waals surface area contributed by atoms with E-state index in [2.05, 4.69) is 4.98 Å². The number of benzene rings is 1. The van der Waals surface area contributed by atoms with Crippen molar-refractivity contribution in [3.63, 3.8) is 0 Å². The summed E-state index contributed by atoms with van der Waals surface area (Å²) in [5.74, 6) is -3.77. The minimum atomic E-state index is -1.49. The molecular formula is C11H7F3N2. The number of halogens is 3. The Morgan fingerprint density at radius 1 is 1.00 bits per heavy atom. The minimum Gasteiger partial charge on any atom is -0.384 e. The Hall–Kier alpha value is -2.04. The molecule has 2 aromatic rings. The number of pyridine rings is 1. The molecule has 82 valence electrons. The standard InChI is InChI=1S/C11H7F3N2/c12-7-4-6(5-8(13)11(7)14)9-2-1-3-10(15)16-9/h1-5H,(H2,15,16). The maximum Gasteiger partial charge on any atom is 0.194 e. The van der Waals surface area contributed by atoms with Crippen LogP contribution in [0.2, 0.25) is 0 Å². The molecule has 16 heavy (non-hydrogen) atoms. The van der Waals surface area contributed by atoms with E-state index in [1.54, 1.807) is 12.1 Å². The molecular weight excluding hydrogens is 217 g/mol. The van der Waals surface area contributed by atoms with E-state index in [4.69, 9.17) is 5.73 Å². The molecule has 0 spiro atoms. The monoisotopic (exact) mass is 224 g/mol. The highest BCUT2D eigenvalue weighted by atomic mass is 19.2. The van der Waals surface area contributed by atoms with Gasteiger partial charge >= 0.3 is 0 Å². The molecule has 0 aliphatic heterocycles. The molecule has 0 aliphatic rings. The van der Waals surface area contributed by atoms with Gasteiger partial charge in [-0.05, 0) is 24.3 Å². The van der Waals surface area contributed by atoms with Gasteiger partial charge in [0.2, 0.25) is 0 Å². The number of aromatic nitrogens is 1. The third-order valence-electron chi connectivity index (χ3n) is 2.05. The maximum atomic E-state index is 13.0. The van der Waals surface area contributed by atoms with Crippen molar-refractivity contribution in [2.45, 2.75) is 0 Å². The third-order valence-corrected chi connectivity index (χ3v) is 2.05. The SMILES string of the molecule is Nc1cccc(-c2cc(F)c(F)c(F)c2)n1. The van der Waals surface area contributed by atoms with Crippen LogP contribution in [-0.4, -0.2) is 4.98 Å². The number of nitrogens with zero attached hydrogens (tertiary/aromatic N) is 1. The molecule has 2 N–H and O–H groups in total. The van der Waals surface area contributed by atoms with Crippen LogP contribution < -0.4 is 5.73 Å². The second kappa shape index (κ2) is 3.84. The zero-order valence-electron chi connectivity index (χ0n) is 8.05. The molecule has 0 amide bonds. The van der Waals surface area contributed by atoms with E-state index in [1.807, 2.05) is 0 Å². The highest BCUT2D eigenvalue weighted by Gasteiger charge is 2.12. The van der Waals surface area contributed by atoms with Crippen molar-refractivity contribution in [1.29, 1.82) is 0 Å². The topological polar surface area (TPSA) is 38.9 Å². The van der Waals surface area contributed by atoms with Gasteiger partial charge in [0.05, 0.1) is 5.69 Å². The minimum absolute atomic E-state index is 0.142. The summed E-state index contributed by atoms with van der Waals surface area (Å²) in [6, 6.07) is 6.42. The van der Waals surface area contributed by atoms with Crippen LogP contribution >= 0.6 is 0 Å². The van der Waals surface area contributed by atoms with Gasteiger partial charge in [-0.25, -0.2) is 18.2 Å². The highest BCUT2D eigenvalue weighted by Crippen LogP contribution is 2.22. The zero-order chi connectivity index (χ0) is 11.7. The zero-order valence-corrected chi connectivity index (χ0v) is 8.05. The van der Waals surface area contributed by atoms with E-state index in [1.165, 1.54) is 6.07 Å².